The molecule has 2 rings (SSSR count). The summed E-state index contributed by atoms with van der Waals surface area (Å²) in [6.07, 6.45) is 3.58. The van der Waals surface area contributed by atoms with Gasteiger partial charge in [0.2, 0.25) is 5.91 Å². The summed E-state index contributed by atoms with van der Waals surface area (Å²) in [5.41, 5.74) is 0. The van der Waals surface area contributed by atoms with Crippen LogP contribution in [0.15, 0.2) is 0 Å². The van der Waals surface area contributed by atoms with Gasteiger partial charge in [-0.05, 0) is 19.4 Å². The van der Waals surface area contributed by atoms with Crippen LogP contribution in [0.5, 0.6) is 0 Å². The van der Waals surface area contributed by atoms with Crippen LogP contribution in [-0.4, -0.2) is 74.2 Å². The second-order valence-electron chi connectivity index (χ2n) is 5.69. The first kappa shape index (κ1) is 16.2. The summed E-state index contributed by atoms with van der Waals surface area (Å²) in [4.78, 5) is 16.8. The standard InChI is InChI=1S/C15H26N4O2/c16-5-3-7-19(9-8-18-10-12-21-13-11-18)15(20)14-4-1-2-6-17-14/h14,17H,1-4,6-13H2/t14-/m1/s1. The number of amides is 1. The van der Waals surface area contributed by atoms with Gasteiger partial charge in [-0.2, -0.15) is 5.26 Å². The van der Waals surface area contributed by atoms with E-state index in [-0.39, 0.29) is 11.9 Å². The van der Waals surface area contributed by atoms with E-state index < -0.39 is 0 Å². The lowest BCUT2D eigenvalue weighted by Gasteiger charge is -2.32. The van der Waals surface area contributed by atoms with Crippen LogP contribution in [0.25, 0.3) is 0 Å². The first-order valence-electron chi connectivity index (χ1n) is 8.00. The molecule has 2 fully saturated rings. The monoisotopic (exact) mass is 294 g/mol. The highest BCUT2D eigenvalue weighted by atomic mass is 16.5. The van der Waals surface area contributed by atoms with Crippen molar-refractivity contribution in [2.75, 3.05) is 52.5 Å². The molecule has 2 saturated heterocycles. The molecule has 0 aliphatic carbocycles. The molecule has 1 atom stereocenters. The summed E-state index contributed by atoms with van der Waals surface area (Å²) in [5, 5.41) is 12.1. The molecule has 6 heteroatoms. The predicted molar refractivity (Wildman–Crippen MR) is 79.7 cm³/mol. The van der Waals surface area contributed by atoms with E-state index in [1.807, 2.05) is 4.90 Å². The predicted octanol–water partition coefficient (Wildman–Crippen LogP) is 0.203. The lowest BCUT2D eigenvalue weighted by atomic mass is 10.0. The van der Waals surface area contributed by atoms with Gasteiger partial charge in [0.25, 0.3) is 0 Å². The minimum absolute atomic E-state index is 0.0536. The number of rotatable bonds is 6. The van der Waals surface area contributed by atoms with Gasteiger partial charge in [-0.25, -0.2) is 0 Å². The van der Waals surface area contributed by atoms with Gasteiger partial charge >= 0.3 is 0 Å². The molecule has 2 aliphatic heterocycles. The van der Waals surface area contributed by atoms with Crippen molar-refractivity contribution >= 4 is 5.91 Å². The first-order valence-corrected chi connectivity index (χ1v) is 8.00. The normalized spacial score (nSPS) is 23.5. The number of nitrogens with zero attached hydrogens (tertiary/aromatic N) is 3. The van der Waals surface area contributed by atoms with Gasteiger partial charge in [0.15, 0.2) is 0 Å². The molecule has 0 aromatic rings. The maximum atomic E-state index is 12.6. The number of carbonyl (C=O) groups excluding carboxylic acids is 1. The van der Waals surface area contributed by atoms with E-state index in [1.54, 1.807) is 0 Å². The molecular weight excluding hydrogens is 268 g/mol. The Morgan fingerprint density at radius 2 is 2.14 bits per heavy atom. The van der Waals surface area contributed by atoms with Crippen molar-refractivity contribution < 1.29 is 9.53 Å². The first-order chi connectivity index (χ1) is 10.3. The smallest absolute Gasteiger partial charge is 0.239 e. The molecule has 0 bridgehead atoms. The molecule has 0 unspecified atom stereocenters. The van der Waals surface area contributed by atoms with Crippen LogP contribution < -0.4 is 5.32 Å². The van der Waals surface area contributed by atoms with Gasteiger partial charge < -0.3 is 15.0 Å². The summed E-state index contributed by atoms with van der Waals surface area (Å²) in [6, 6.07) is 2.09. The molecule has 0 aromatic heterocycles. The number of ether oxygens (including phenoxy) is 1. The molecule has 0 aromatic carbocycles. The number of piperidine rings is 1. The number of hydrogen-bond acceptors (Lipinski definition) is 5. The average molecular weight is 294 g/mol. The zero-order chi connectivity index (χ0) is 14.9. The second kappa shape index (κ2) is 8.98. The van der Waals surface area contributed by atoms with Crippen molar-refractivity contribution in [3.8, 4) is 6.07 Å². The summed E-state index contributed by atoms with van der Waals surface area (Å²) >= 11 is 0. The number of morpholine rings is 1. The summed E-state index contributed by atoms with van der Waals surface area (Å²) in [5.74, 6) is 0.165. The van der Waals surface area contributed by atoms with Crippen molar-refractivity contribution in [1.82, 2.24) is 15.1 Å². The van der Waals surface area contributed by atoms with E-state index >= 15 is 0 Å². The maximum Gasteiger partial charge on any atom is 0.239 e. The lowest BCUT2D eigenvalue weighted by Crippen LogP contribution is -2.51. The highest BCUT2D eigenvalue weighted by Crippen LogP contribution is 2.10. The number of nitrogens with one attached hydrogen (secondary N) is 1. The zero-order valence-corrected chi connectivity index (χ0v) is 12.7. The Balaban J connectivity index is 1.83. The largest absolute Gasteiger partial charge is 0.379 e. The van der Waals surface area contributed by atoms with E-state index in [9.17, 15) is 4.79 Å². The number of hydrogen-bond donors (Lipinski definition) is 1. The van der Waals surface area contributed by atoms with Crippen molar-refractivity contribution in [3.63, 3.8) is 0 Å². The van der Waals surface area contributed by atoms with Crippen molar-refractivity contribution in [3.05, 3.63) is 0 Å². The molecule has 0 spiro atoms. The van der Waals surface area contributed by atoms with Gasteiger partial charge in [-0.15, -0.1) is 0 Å². The van der Waals surface area contributed by atoms with Crippen LogP contribution in [0.3, 0.4) is 0 Å². The van der Waals surface area contributed by atoms with E-state index in [2.05, 4.69) is 16.3 Å². The zero-order valence-electron chi connectivity index (χ0n) is 12.7. The van der Waals surface area contributed by atoms with Gasteiger partial charge in [0.05, 0.1) is 31.7 Å². The topological polar surface area (TPSA) is 68.6 Å². The average Bonchev–Trinajstić information content (AvgIpc) is 2.56. The number of carbonyl (C=O) groups is 1. The van der Waals surface area contributed by atoms with Gasteiger partial charge in [0.1, 0.15) is 0 Å². The second-order valence-corrected chi connectivity index (χ2v) is 5.69. The molecular formula is C15H26N4O2. The van der Waals surface area contributed by atoms with Crippen LogP contribution in [-0.2, 0) is 9.53 Å². The molecule has 118 valence electrons. The van der Waals surface area contributed by atoms with E-state index in [4.69, 9.17) is 10.00 Å². The molecule has 6 nitrogen and oxygen atoms in total. The van der Waals surface area contributed by atoms with Crippen LogP contribution >= 0.6 is 0 Å². The Kier molecular flexibility index (Phi) is 6.93. The third-order valence-electron chi connectivity index (χ3n) is 4.20. The quantitative estimate of drug-likeness (QED) is 0.758. The fourth-order valence-electron chi connectivity index (χ4n) is 2.89. The summed E-state index contributed by atoms with van der Waals surface area (Å²) < 4.78 is 5.34. The van der Waals surface area contributed by atoms with Gasteiger partial charge in [-0.3, -0.25) is 9.69 Å². The highest BCUT2D eigenvalue weighted by molar-refractivity contribution is 5.82. The molecule has 1 N–H and O–H groups in total. The fourth-order valence-corrected chi connectivity index (χ4v) is 2.89. The maximum absolute atomic E-state index is 12.6. The Labute approximate surface area is 127 Å². The van der Waals surface area contributed by atoms with Gasteiger partial charge in [-0.1, -0.05) is 6.42 Å². The highest BCUT2D eigenvalue weighted by Gasteiger charge is 2.25. The minimum atomic E-state index is -0.0536. The van der Waals surface area contributed by atoms with E-state index in [0.29, 0.717) is 19.5 Å². The van der Waals surface area contributed by atoms with Crippen molar-refractivity contribution in [1.29, 1.82) is 5.26 Å². The van der Waals surface area contributed by atoms with E-state index in [1.165, 1.54) is 0 Å². The van der Waals surface area contributed by atoms with Crippen LogP contribution in [0.4, 0.5) is 0 Å². The molecule has 0 radical (unpaired) electrons. The van der Waals surface area contributed by atoms with E-state index in [0.717, 1.165) is 58.7 Å². The summed E-state index contributed by atoms with van der Waals surface area (Å²) in [6.45, 7) is 6.45. The van der Waals surface area contributed by atoms with Crippen molar-refractivity contribution in [2.24, 2.45) is 0 Å². The SMILES string of the molecule is N#CCCN(CCN1CCOCC1)C(=O)[C@H]1CCCCN1. The Hall–Kier alpha value is -1.16. The molecule has 21 heavy (non-hydrogen) atoms. The van der Waals surface area contributed by atoms with Gasteiger partial charge in [0, 0.05) is 32.7 Å². The fraction of sp³-hybridized carbons (Fsp3) is 0.867. The minimum Gasteiger partial charge on any atom is -0.379 e. The molecule has 1 amide bonds. The molecule has 0 saturated carbocycles. The lowest BCUT2D eigenvalue weighted by molar-refractivity contribution is -0.134. The molecule has 2 aliphatic rings. The summed E-state index contributed by atoms with van der Waals surface area (Å²) in [7, 11) is 0. The van der Waals surface area contributed by atoms with Crippen LogP contribution in [0.2, 0.25) is 0 Å². The molecule has 2 heterocycles. The Bertz CT molecular complexity index is 357. The van der Waals surface area contributed by atoms with Crippen LogP contribution in [0.1, 0.15) is 25.7 Å². The third-order valence-corrected chi connectivity index (χ3v) is 4.20. The van der Waals surface area contributed by atoms with Crippen molar-refractivity contribution in [2.45, 2.75) is 31.7 Å². The third kappa shape index (κ3) is 5.27. The number of nitriles is 1. The Morgan fingerprint density at radius 1 is 1.33 bits per heavy atom. The van der Waals surface area contributed by atoms with Crippen LogP contribution in [0, 0.1) is 11.3 Å². The Morgan fingerprint density at radius 3 is 2.81 bits per heavy atom.